The molecular weight excluding hydrogens is 260 g/mol. The van der Waals surface area contributed by atoms with E-state index in [1.807, 2.05) is 50.2 Å². The van der Waals surface area contributed by atoms with Gasteiger partial charge in [0.05, 0.1) is 6.10 Å². The van der Waals surface area contributed by atoms with E-state index in [-0.39, 0.29) is 6.10 Å². The van der Waals surface area contributed by atoms with E-state index in [9.17, 15) is 5.11 Å². The number of aliphatic hydroxyl groups is 1. The highest BCUT2D eigenvalue weighted by atomic mass is 16.5. The van der Waals surface area contributed by atoms with Crippen LogP contribution in [0.4, 0.5) is 0 Å². The van der Waals surface area contributed by atoms with Gasteiger partial charge in [0, 0.05) is 5.56 Å². The summed E-state index contributed by atoms with van der Waals surface area (Å²) in [5.74, 6) is 1.24. The lowest BCUT2D eigenvalue weighted by atomic mass is 9.96. The summed E-state index contributed by atoms with van der Waals surface area (Å²) in [6.45, 7) is 8.30. The fourth-order valence-electron chi connectivity index (χ4n) is 2.31. The lowest BCUT2D eigenvalue weighted by molar-refractivity contribution is 0.198. The first kappa shape index (κ1) is 15.6. The number of ether oxygens (including phenoxy) is 1. The van der Waals surface area contributed by atoms with E-state index in [2.05, 4.69) is 26.0 Å². The molecule has 0 aliphatic heterocycles. The van der Waals surface area contributed by atoms with Crippen LogP contribution in [0.2, 0.25) is 0 Å². The molecule has 0 spiro atoms. The number of aliphatic hydroxyl groups excluding tert-OH is 1. The van der Waals surface area contributed by atoms with Crippen molar-refractivity contribution < 1.29 is 9.84 Å². The molecule has 112 valence electrons. The summed E-state index contributed by atoms with van der Waals surface area (Å²) < 4.78 is 5.79. The normalized spacial score (nSPS) is 12.7. The second-order valence-corrected chi connectivity index (χ2v) is 5.93. The van der Waals surface area contributed by atoms with E-state index in [1.165, 1.54) is 5.56 Å². The second kappa shape index (κ2) is 6.77. The van der Waals surface area contributed by atoms with Crippen LogP contribution in [0.5, 0.6) is 5.75 Å². The third kappa shape index (κ3) is 3.85. The average molecular weight is 284 g/mol. The molecule has 0 radical (unpaired) electrons. The highest BCUT2D eigenvalue weighted by Crippen LogP contribution is 2.31. The second-order valence-electron chi connectivity index (χ2n) is 5.93. The molecule has 0 aliphatic carbocycles. The van der Waals surface area contributed by atoms with Crippen LogP contribution >= 0.6 is 0 Å². The maximum atomic E-state index is 10.6. The minimum Gasteiger partial charge on any atom is -0.491 e. The first-order valence-corrected chi connectivity index (χ1v) is 7.52. The number of benzene rings is 2. The Kier molecular flexibility index (Phi) is 5.03. The summed E-state index contributed by atoms with van der Waals surface area (Å²) in [7, 11) is 0. The standard InChI is InChI=1S/C19H24O2/c1-13(2)15-9-11-16(12-10-15)19(20)17-7-5-6-8-18(17)21-14(3)4/h5-14,19-20H,1-4H3. The highest BCUT2D eigenvalue weighted by molar-refractivity contribution is 5.41. The smallest absolute Gasteiger partial charge is 0.125 e. The van der Waals surface area contributed by atoms with Gasteiger partial charge < -0.3 is 9.84 Å². The molecular formula is C19H24O2. The SMILES string of the molecule is CC(C)Oc1ccccc1C(O)c1ccc(C(C)C)cc1. The Morgan fingerprint density at radius 1 is 0.810 bits per heavy atom. The van der Waals surface area contributed by atoms with E-state index < -0.39 is 6.10 Å². The third-order valence-electron chi connectivity index (χ3n) is 3.50. The van der Waals surface area contributed by atoms with Gasteiger partial charge in [0.25, 0.3) is 0 Å². The molecule has 2 aromatic rings. The molecule has 1 unspecified atom stereocenters. The molecule has 0 aromatic heterocycles. The van der Waals surface area contributed by atoms with Crippen LogP contribution in [-0.2, 0) is 0 Å². The van der Waals surface area contributed by atoms with Gasteiger partial charge in [-0.05, 0) is 37.0 Å². The molecule has 0 fully saturated rings. The molecule has 0 saturated carbocycles. The van der Waals surface area contributed by atoms with Crippen LogP contribution < -0.4 is 4.74 Å². The van der Waals surface area contributed by atoms with Crippen molar-refractivity contribution in [1.29, 1.82) is 0 Å². The van der Waals surface area contributed by atoms with Gasteiger partial charge in [0.1, 0.15) is 11.9 Å². The number of hydrogen-bond donors (Lipinski definition) is 1. The third-order valence-corrected chi connectivity index (χ3v) is 3.50. The topological polar surface area (TPSA) is 29.5 Å². The molecule has 0 bridgehead atoms. The van der Waals surface area contributed by atoms with Crippen LogP contribution in [0.1, 0.15) is 56.4 Å². The summed E-state index contributed by atoms with van der Waals surface area (Å²) in [5.41, 5.74) is 2.97. The summed E-state index contributed by atoms with van der Waals surface area (Å²) in [4.78, 5) is 0. The van der Waals surface area contributed by atoms with Gasteiger partial charge in [0.15, 0.2) is 0 Å². The predicted octanol–water partition coefficient (Wildman–Crippen LogP) is 4.68. The molecule has 0 aliphatic rings. The molecule has 0 amide bonds. The lowest BCUT2D eigenvalue weighted by Crippen LogP contribution is -2.10. The molecule has 2 heteroatoms. The number of hydrogen-bond acceptors (Lipinski definition) is 2. The predicted molar refractivity (Wildman–Crippen MR) is 86.8 cm³/mol. The summed E-state index contributed by atoms with van der Waals surface area (Å²) in [6, 6.07) is 15.8. The monoisotopic (exact) mass is 284 g/mol. The van der Waals surface area contributed by atoms with Crippen molar-refractivity contribution in [2.45, 2.75) is 45.8 Å². The van der Waals surface area contributed by atoms with Crippen LogP contribution in [-0.4, -0.2) is 11.2 Å². The van der Waals surface area contributed by atoms with E-state index >= 15 is 0 Å². The van der Waals surface area contributed by atoms with Crippen molar-refractivity contribution in [3.05, 3.63) is 65.2 Å². The largest absolute Gasteiger partial charge is 0.491 e. The van der Waals surface area contributed by atoms with E-state index in [1.54, 1.807) is 0 Å². The Balaban J connectivity index is 2.29. The Bertz CT molecular complexity index is 570. The maximum absolute atomic E-state index is 10.6. The van der Waals surface area contributed by atoms with Crippen molar-refractivity contribution in [1.82, 2.24) is 0 Å². The summed E-state index contributed by atoms with van der Waals surface area (Å²) >= 11 is 0. The minimum atomic E-state index is -0.666. The minimum absolute atomic E-state index is 0.0849. The van der Waals surface area contributed by atoms with Crippen molar-refractivity contribution in [2.24, 2.45) is 0 Å². The highest BCUT2D eigenvalue weighted by Gasteiger charge is 2.16. The van der Waals surface area contributed by atoms with Crippen molar-refractivity contribution in [3.63, 3.8) is 0 Å². The molecule has 0 heterocycles. The van der Waals surface area contributed by atoms with E-state index in [0.717, 1.165) is 16.9 Å². The molecule has 0 saturated heterocycles. The zero-order valence-corrected chi connectivity index (χ0v) is 13.2. The maximum Gasteiger partial charge on any atom is 0.125 e. The van der Waals surface area contributed by atoms with Gasteiger partial charge in [-0.15, -0.1) is 0 Å². The zero-order valence-electron chi connectivity index (χ0n) is 13.2. The van der Waals surface area contributed by atoms with Crippen molar-refractivity contribution >= 4 is 0 Å². The Hall–Kier alpha value is -1.80. The Morgan fingerprint density at radius 2 is 1.38 bits per heavy atom. The fraction of sp³-hybridized carbons (Fsp3) is 0.368. The molecule has 21 heavy (non-hydrogen) atoms. The van der Waals surface area contributed by atoms with Gasteiger partial charge in [-0.25, -0.2) is 0 Å². The van der Waals surface area contributed by atoms with Crippen LogP contribution in [0, 0.1) is 0 Å². The molecule has 2 nitrogen and oxygen atoms in total. The van der Waals surface area contributed by atoms with Gasteiger partial charge >= 0.3 is 0 Å². The Morgan fingerprint density at radius 3 is 1.95 bits per heavy atom. The molecule has 1 N–H and O–H groups in total. The van der Waals surface area contributed by atoms with Gasteiger partial charge in [-0.3, -0.25) is 0 Å². The van der Waals surface area contributed by atoms with Gasteiger partial charge in [-0.2, -0.15) is 0 Å². The van der Waals surface area contributed by atoms with E-state index in [0.29, 0.717) is 5.92 Å². The van der Waals surface area contributed by atoms with Crippen LogP contribution in [0.3, 0.4) is 0 Å². The Labute approximate surface area is 127 Å². The van der Waals surface area contributed by atoms with E-state index in [4.69, 9.17) is 4.74 Å². The first-order valence-electron chi connectivity index (χ1n) is 7.52. The number of para-hydroxylation sites is 1. The fourth-order valence-corrected chi connectivity index (χ4v) is 2.31. The molecule has 1 atom stereocenters. The van der Waals surface area contributed by atoms with Gasteiger partial charge in [-0.1, -0.05) is 56.3 Å². The van der Waals surface area contributed by atoms with Crippen molar-refractivity contribution in [2.75, 3.05) is 0 Å². The van der Waals surface area contributed by atoms with Crippen LogP contribution in [0.15, 0.2) is 48.5 Å². The van der Waals surface area contributed by atoms with Gasteiger partial charge in [0.2, 0.25) is 0 Å². The number of rotatable bonds is 5. The molecule has 2 rings (SSSR count). The van der Waals surface area contributed by atoms with Crippen molar-refractivity contribution in [3.8, 4) is 5.75 Å². The average Bonchev–Trinajstić information content (AvgIpc) is 2.46. The molecule has 2 aromatic carbocycles. The summed E-state index contributed by atoms with van der Waals surface area (Å²) in [5, 5.41) is 10.6. The van der Waals surface area contributed by atoms with Crippen LogP contribution in [0.25, 0.3) is 0 Å². The summed E-state index contributed by atoms with van der Waals surface area (Å²) in [6.07, 6.45) is -0.581. The first-order chi connectivity index (χ1) is 9.99. The zero-order chi connectivity index (χ0) is 15.4. The quantitative estimate of drug-likeness (QED) is 0.864. The lowest BCUT2D eigenvalue weighted by Gasteiger charge is -2.18.